The first-order valence-electron chi connectivity index (χ1n) is 7.58. The third-order valence-corrected chi connectivity index (χ3v) is 4.76. The van der Waals surface area contributed by atoms with E-state index in [9.17, 15) is 25.5 Å². The number of ether oxygens (including phenoxy) is 3. The molecule has 0 spiro atoms. The van der Waals surface area contributed by atoms with Gasteiger partial charge >= 0.3 is 0 Å². The number of aliphatic hydroxyl groups excluding tert-OH is 6. The first-order valence-corrected chi connectivity index (χ1v) is 7.58. The molecule has 9 nitrogen and oxygen atoms in total. The van der Waals surface area contributed by atoms with E-state index in [1.165, 1.54) is 6.26 Å². The van der Waals surface area contributed by atoms with E-state index in [1.807, 2.05) is 0 Å². The van der Waals surface area contributed by atoms with E-state index < -0.39 is 61.7 Å². The molecule has 9 heteroatoms. The molecule has 1 saturated carbocycles. The van der Waals surface area contributed by atoms with Gasteiger partial charge in [0.15, 0.2) is 6.29 Å². The van der Waals surface area contributed by atoms with Gasteiger partial charge in [0.25, 0.3) is 0 Å². The van der Waals surface area contributed by atoms with Crippen molar-refractivity contribution in [1.82, 2.24) is 0 Å². The number of fused-ring (bicyclic) bond motifs is 1. The van der Waals surface area contributed by atoms with Crippen LogP contribution in [-0.4, -0.2) is 86.4 Å². The van der Waals surface area contributed by atoms with Crippen molar-refractivity contribution in [1.29, 1.82) is 0 Å². The first kappa shape index (κ1) is 17.1. The van der Waals surface area contributed by atoms with Gasteiger partial charge in [-0.2, -0.15) is 0 Å². The highest BCUT2D eigenvalue weighted by Crippen LogP contribution is 2.40. The van der Waals surface area contributed by atoms with Crippen LogP contribution in [0.5, 0.6) is 0 Å². The van der Waals surface area contributed by atoms with E-state index in [-0.39, 0.29) is 12.3 Å². The molecule has 0 bridgehead atoms. The summed E-state index contributed by atoms with van der Waals surface area (Å²) in [5.74, 6) is -0.906. The Morgan fingerprint density at radius 3 is 2.39 bits per heavy atom. The van der Waals surface area contributed by atoms with Crippen molar-refractivity contribution < 1.29 is 44.8 Å². The molecule has 2 fully saturated rings. The normalized spacial score (nSPS) is 53.0. The van der Waals surface area contributed by atoms with Crippen LogP contribution < -0.4 is 0 Å². The molecule has 6 N–H and O–H groups in total. The van der Waals surface area contributed by atoms with Gasteiger partial charge in [0, 0.05) is 12.3 Å². The van der Waals surface area contributed by atoms with E-state index >= 15 is 0 Å². The van der Waals surface area contributed by atoms with Crippen LogP contribution in [0.15, 0.2) is 12.3 Å². The van der Waals surface area contributed by atoms with Gasteiger partial charge in [0.05, 0.1) is 31.0 Å². The zero-order valence-electron chi connectivity index (χ0n) is 12.3. The highest BCUT2D eigenvalue weighted by Gasteiger charge is 2.51. The molecule has 4 unspecified atom stereocenters. The lowest BCUT2D eigenvalue weighted by Gasteiger charge is -2.42. The maximum Gasteiger partial charge on any atom is 0.207 e. The summed E-state index contributed by atoms with van der Waals surface area (Å²) in [6.07, 6.45) is -6.45. The molecule has 3 rings (SSSR count). The van der Waals surface area contributed by atoms with Gasteiger partial charge < -0.3 is 44.8 Å². The second kappa shape index (κ2) is 6.61. The van der Waals surface area contributed by atoms with E-state index in [0.29, 0.717) is 0 Å². The molecule has 2 aliphatic heterocycles. The fourth-order valence-electron chi connectivity index (χ4n) is 3.43. The molecule has 0 aromatic heterocycles. The van der Waals surface area contributed by atoms with Crippen LogP contribution in [0.1, 0.15) is 6.42 Å². The molecule has 0 aromatic carbocycles. The maximum absolute atomic E-state index is 10.1. The Morgan fingerprint density at radius 1 is 0.957 bits per heavy atom. The molecule has 2 heterocycles. The highest BCUT2D eigenvalue weighted by atomic mass is 16.8. The average Bonchev–Trinajstić information content (AvgIpc) is 2.83. The monoisotopic (exact) mass is 334 g/mol. The molecular weight excluding hydrogens is 312 g/mol. The van der Waals surface area contributed by atoms with Crippen molar-refractivity contribution >= 4 is 0 Å². The Kier molecular flexibility index (Phi) is 4.90. The van der Waals surface area contributed by atoms with Gasteiger partial charge in [-0.1, -0.05) is 0 Å². The van der Waals surface area contributed by atoms with Crippen molar-refractivity contribution in [2.24, 2.45) is 11.8 Å². The number of hydrogen-bond donors (Lipinski definition) is 6. The molecule has 0 amide bonds. The minimum absolute atomic E-state index is 0.178. The Bertz CT molecular complexity index is 442. The van der Waals surface area contributed by atoms with Crippen LogP contribution in [-0.2, 0) is 14.2 Å². The number of aliphatic hydroxyl groups is 6. The van der Waals surface area contributed by atoms with Gasteiger partial charge in [-0.05, 0) is 6.08 Å². The summed E-state index contributed by atoms with van der Waals surface area (Å²) in [4.78, 5) is 0. The lowest BCUT2D eigenvalue weighted by atomic mass is 9.91. The second-order valence-electron chi connectivity index (χ2n) is 6.19. The minimum Gasteiger partial charge on any atom is -0.472 e. The minimum atomic E-state index is -1.56. The Balaban J connectivity index is 1.72. The number of rotatable bonds is 3. The molecule has 3 aliphatic rings. The predicted molar refractivity (Wildman–Crippen MR) is 72.5 cm³/mol. The largest absolute Gasteiger partial charge is 0.472 e. The standard InChI is InChI=1S/C14H22O9/c15-4-8-10(18)11(19)12(20)14(22-8)23-13-9-5(1-2-21-13)6(16)3-7(9)17/h1-2,5-20H,3-4H2/t5?,6-,7+,8?,9?,10-,11?,12+,13+,14-/m1/s1. The third-order valence-electron chi connectivity index (χ3n) is 4.76. The van der Waals surface area contributed by atoms with E-state index in [4.69, 9.17) is 19.3 Å². The molecule has 0 aromatic rings. The summed E-state index contributed by atoms with van der Waals surface area (Å²) in [6.45, 7) is -0.566. The molecule has 1 saturated heterocycles. The van der Waals surface area contributed by atoms with Crippen molar-refractivity contribution in [3.8, 4) is 0 Å². The van der Waals surface area contributed by atoms with Crippen LogP contribution in [0.3, 0.4) is 0 Å². The van der Waals surface area contributed by atoms with Gasteiger partial charge in [-0.3, -0.25) is 0 Å². The lowest BCUT2D eigenvalue weighted by molar-refractivity contribution is -0.343. The predicted octanol–water partition coefficient (Wildman–Crippen LogP) is -2.97. The van der Waals surface area contributed by atoms with Gasteiger partial charge in [0.1, 0.15) is 24.4 Å². The van der Waals surface area contributed by atoms with E-state index in [1.54, 1.807) is 6.08 Å². The summed E-state index contributed by atoms with van der Waals surface area (Å²) in [5, 5.41) is 58.6. The van der Waals surface area contributed by atoms with E-state index in [0.717, 1.165) is 0 Å². The molecule has 23 heavy (non-hydrogen) atoms. The van der Waals surface area contributed by atoms with Crippen LogP contribution in [0.4, 0.5) is 0 Å². The second-order valence-corrected chi connectivity index (χ2v) is 6.19. The SMILES string of the molecule is OCC1O[C@H](O[C@@H]2OC=CC3C2[C@@H](O)C[C@H]3O)[C@@H](O)C(O)[C@@H]1O. The topological polar surface area (TPSA) is 149 Å². The van der Waals surface area contributed by atoms with Crippen LogP contribution >= 0.6 is 0 Å². The van der Waals surface area contributed by atoms with Crippen molar-refractivity contribution in [3.63, 3.8) is 0 Å². The van der Waals surface area contributed by atoms with Crippen molar-refractivity contribution in [3.05, 3.63) is 12.3 Å². The summed E-state index contributed by atoms with van der Waals surface area (Å²) < 4.78 is 16.1. The first-order chi connectivity index (χ1) is 10.9. The number of hydrogen-bond acceptors (Lipinski definition) is 9. The fourth-order valence-corrected chi connectivity index (χ4v) is 3.43. The molecule has 132 valence electrons. The van der Waals surface area contributed by atoms with Crippen molar-refractivity contribution in [2.75, 3.05) is 6.61 Å². The molecule has 1 aliphatic carbocycles. The lowest BCUT2D eigenvalue weighted by Crippen LogP contribution is -2.60. The summed E-state index contributed by atoms with van der Waals surface area (Å²) in [7, 11) is 0. The Labute approximate surface area is 132 Å². The summed E-state index contributed by atoms with van der Waals surface area (Å²) in [6, 6.07) is 0. The van der Waals surface area contributed by atoms with Gasteiger partial charge in [-0.15, -0.1) is 0 Å². The van der Waals surface area contributed by atoms with Gasteiger partial charge in [0.2, 0.25) is 6.29 Å². The quantitative estimate of drug-likeness (QED) is 0.318. The summed E-state index contributed by atoms with van der Waals surface area (Å²) in [5.41, 5.74) is 0. The molecular formula is C14H22O9. The molecule has 0 radical (unpaired) electrons. The highest BCUT2D eigenvalue weighted by molar-refractivity contribution is 5.05. The van der Waals surface area contributed by atoms with Crippen LogP contribution in [0.25, 0.3) is 0 Å². The van der Waals surface area contributed by atoms with Gasteiger partial charge in [-0.25, -0.2) is 0 Å². The van der Waals surface area contributed by atoms with Crippen LogP contribution in [0, 0.1) is 11.8 Å². The third kappa shape index (κ3) is 2.99. The molecule has 10 atom stereocenters. The van der Waals surface area contributed by atoms with E-state index in [2.05, 4.69) is 0 Å². The zero-order valence-corrected chi connectivity index (χ0v) is 12.3. The Hall–Kier alpha value is -0.780. The maximum atomic E-state index is 10.1. The zero-order chi connectivity index (χ0) is 16.7. The summed E-state index contributed by atoms with van der Waals surface area (Å²) >= 11 is 0. The Morgan fingerprint density at radius 2 is 1.70 bits per heavy atom. The smallest absolute Gasteiger partial charge is 0.207 e. The average molecular weight is 334 g/mol. The fraction of sp³-hybridized carbons (Fsp3) is 0.857. The van der Waals surface area contributed by atoms with Crippen molar-refractivity contribution in [2.45, 2.75) is 55.6 Å². The van der Waals surface area contributed by atoms with Crippen LogP contribution in [0.2, 0.25) is 0 Å².